The number of esters is 1. The lowest BCUT2D eigenvalue weighted by atomic mass is 9.79. The molecule has 88 valence electrons. The fourth-order valence-corrected chi connectivity index (χ4v) is 2.77. The van der Waals surface area contributed by atoms with Crippen LogP contribution in [-0.4, -0.2) is 18.9 Å². The standard InChI is InChI=1S/C13H18O3/c1-2-3-6-16-12(15)13-5-4-10(8-13)7-11(13)9-14/h4-5,9-11H,2-3,6-8H2,1H3. The van der Waals surface area contributed by atoms with Gasteiger partial charge >= 0.3 is 5.97 Å². The Balaban J connectivity index is 2.03. The molecule has 1 fully saturated rings. The van der Waals surface area contributed by atoms with Crippen LogP contribution in [0.15, 0.2) is 12.2 Å². The number of carbonyl (C=O) groups excluding carboxylic acids is 2. The monoisotopic (exact) mass is 222 g/mol. The van der Waals surface area contributed by atoms with Crippen LogP contribution in [0.25, 0.3) is 0 Å². The molecule has 0 aromatic carbocycles. The lowest BCUT2D eigenvalue weighted by Gasteiger charge is -2.26. The minimum absolute atomic E-state index is 0.170. The van der Waals surface area contributed by atoms with Gasteiger partial charge in [0.05, 0.1) is 12.0 Å². The van der Waals surface area contributed by atoms with Crippen molar-refractivity contribution in [2.45, 2.75) is 32.6 Å². The van der Waals surface area contributed by atoms with Crippen molar-refractivity contribution < 1.29 is 14.3 Å². The zero-order valence-electron chi connectivity index (χ0n) is 9.65. The second-order valence-electron chi connectivity index (χ2n) is 4.83. The van der Waals surface area contributed by atoms with Crippen molar-refractivity contribution in [1.82, 2.24) is 0 Å². The van der Waals surface area contributed by atoms with Gasteiger partial charge in [0.25, 0.3) is 0 Å². The topological polar surface area (TPSA) is 43.4 Å². The summed E-state index contributed by atoms with van der Waals surface area (Å²) < 4.78 is 5.27. The van der Waals surface area contributed by atoms with Gasteiger partial charge in [-0.05, 0) is 25.2 Å². The Morgan fingerprint density at radius 3 is 3.06 bits per heavy atom. The van der Waals surface area contributed by atoms with Gasteiger partial charge in [0.1, 0.15) is 6.29 Å². The van der Waals surface area contributed by atoms with Gasteiger partial charge < -0.3 is 9.53 Å². The van der Waals surface area contributed by atoms with Gasteiger partial charge in [-0.1, -0.05) is 25.5 Å². The van der Waals surface area contributed by atoms with E-state index in [0.717, 1.165) is 32.0 Å². The molecule has 0 N–H and O–H groups in total. The van der Waals surface area contributed by atoms with Crippen molar-refractivity contribution in [3.63, 3.8) is 0 Å². The van der Waals surface area contributed by atoms with E-state index in [4.69, 9.17) is 4.74 Å². The number of fused-ring (bicyclic) bond motifs is 2. The summed E-state index contributed by atoms with van der Waals surface area (Å²) in [5, 5.41) is 0. The van der Waals surface area contributed by atoms with Crippen LogP contribution in [0.3, 0.4) is 0 Å². The van der Waals surface area contributed by atoms with Crippen LogP contribution in [0.4, 0.5) is 0 Å². The normalized spacial score (nSPS) is 35.3. The molecule has 3 unspecified atom stereocenters. The molecular weight excluding hydrogens is 204 g/mol. The summed E-state index contributed by atoms with van der Waals surface area (Å²) in [5.74, 6) is 0.0276. The lowest BCUT2D eigenvalue weighted by Crippen LogP contribution is -2.35. The molecule has 16 heavy (non-hydrogen) atoms. The molecule has 0 aromatic rings. The third kappa shape index (κ3) is 1.68. The van der Waals surface area contributed by atoms with Gasteiger partial charge in [0.2, 0.25) is 0 Å². The van der Waals surface area contributed by atoms with Crippen LogP contribution in [0.1, 0.15) is 32.6 Å². The quantitative estimate of drug-likeness (QED) is 0.310. The average Bonchev–Trinajstić information content (AvgIpc) is 2.87. The number of carbonyl (C=O) groups is 2. The Morgan fingerprint density at radius 2 is 2.44 bits per heavy atom. The first-order valence-corrected chi connectivity index (χ1v) is 6.05. The van der Waals surface area contributed by atoms with Crippen molar-refractivity contribution in [2.75, 3.05) is 6.61 Å². The van der Waals surface area contributed by atoms with Crippen LogP contribution in [0.5, 0.6) is 0 Å². The third-order valence-corrected chi connectivity index (χ3v) is 3.76. The van der Waals surface area contributed by atoms with E-state index in [2.05, 4.69) is 13.0 Å². The van der Waals surface area contributed by atoms with E-state index >= 15 is 0 Å². The first kappa shape index (κ1) is 11.4. The molecule has 2 rings (SSSR count). The molecular formula is C13H18O3. The van der Waals surface area contributed by atoms with Gasteiger partial charge in [-0.25, -0.2) is 0 Å². The van der Waals surface area contributed by atoms with E-state index in [1.54, 1.807) is 0 Å². The Bertz CT molecular complexity index is 321. The third-order valence-electron chi connectivity index (χ3n) is 3.76. The number of aldehydes is 1. The van der Waals surface area contributed by atoms with Gasteiger partial charge in [-0.2, -0.15) is 0 Å². The van der Waals surface area contributed by atoms with Gasteiger partial charge in [-0.3, -0.25) is 4.79 Å². The Labute approximate surface area is 95.9 Å². The van der Waals surface area contributed by atoms with E-state index in [9.17, 15) is 9.59 Å². The molecule has 3 atom stereocenters. The number of hydrogen-bond donors (Lipinski definition) is 0. The zero-order chi connectivity index (χ0) is 11.6. The van der Waals surface area contributed by atoms with Crippen LogP contribution in [0, 0.1) is 17.3 Å². The molecule has 2 bridgehead atoms. The second-order valence-corrected chi connectivity index (χ2v) is 4.83. The molecule has 0 aliphatic heterocycles. The van der Waals surface area contributed by atoms with Crippen molar-refractivity contribution in [3.05, 3.63) is 12.2 Å². The highest BCUT2D eigenvalue weighted by Crippen LogP contribution is 2.53. The maximum atomic E-state index is 12.0. The van der Waals surface area contributed by atoms with Crippen molar-refractivity contribution in [2.24, 2.45) is 17.3 Å². The maximum Gasteiger partial charge on any atom is 0.316 e. The fourth-order valence-electron chi connectivity index (χ4n) is 2.77. The van der Waals surface area contributed by atoms with E-state index in [-0.39, 0.29) is 11.9 Å². The number of unbranched alkanes of at least 4 members (excludes halogenated alkanes) is 1. The molecule has 0 aromatic heterocycles. The zero-order valence-corrected chi connectivity index (χ0v) is 9.65. The molecule has 0 saturated heterocycles. The van der Waals surface area contributed by atoms with Gasteiger partial charge in [0, 0.05) is 5.92 Å². The highest BCUT2D eigenvalue weighted by Gasteiger charge is 2.54. The smallest absolute Gasteiger partial charge is 0.316 e. The Hall–Kier alpha value is -1.12. The summed E-state index contributed by atoms with van der Waals surface area (Å²) in [7, 11) is 0. The summed E-state index contributed by atoms with van der Waals surface area (Å²) >= 11 is 0. The first-order valence-electron chi connectivity index (χ1n) is 6.05. The molecule has 0 radical (unpaired) electrons. The van der Waals surface area contributed by atoms with E-state index in [1.807, 2.05) is 6.08 Å². The number of rotatable bonds is 5. The van der Waals surface area contributed by atoms with Crippen LogP contribution in [0.2, 0.25) is 0 Å². The van der Waals surface area contributed by atoms with Crippen LogP contribution >= 0.6 is 0 Å². The molecule has 0 heterocycles. The van der Waals surface area contributed by atoms with Crippen molar-refractivity contribution >= 4 is 12.3 Å². The molecule has 2 aliphatic rings. The molecule has 2 aliphatic carbocycles. The lowest BCUT2D eigenvalue weighted by molar-refractivity contribution is -0.155. The minimum Gasteiger partial charge on any atom is -0.465 e. The van der Waals surface area contributed by atoms with E-state index < -0.39 is 5.41 Å². The predicted octanol–water partition coefficient (Wildman–Crippen LogP) is 2.11. The molecule has 3 nitrogen and oxygen atoms in total. The summed E-state index contributed by atoms with van der Waals surface area (Å²) in [4.78, 5) is 23.0. The number of allylic oxidation sites excluding steroid dienone is 1. The van der Waals surface area contributed by atoms with Crippen LogP contribution in [-0.2, 0) is 14.3 Å². The minimum atomic E-state index is -0.625. The molecule has 0 spiro atoms. The van der Waals surface area contributed by atoms with Gasteiger partial charge in [0.15, 0.2) is 0 Å². The van der Waals surface area contributed by atoms with E-state index in [1.165, 1.54) is 0 Å². The summed E-state index contributed by atoms with van der Waals surface area (Å²) in [6.45, 7) is 2.53. The van der Waals surface area contributed by atoms with Crippen molar-refractivity contribution in [1.29, 1.82) is 0 Å². The predicted molar refractivity (Wildman–Crippen MR) is 59.7 cm³/mol. The number of ether oxygens (including phenoxy) is 1. The average molecular weight is 222 g/mol. The SMILES string of the molecule is CCCCOC(=O)C12C=CC(CC1C=O)C2. The largest absolute Gasteiger partial charge is 0.465 e. The highest BCUT2D eigenvalue weighted by atomic mass is 16.5. The molecule has 0 amide bonds. The number of hydrogen-bond acceptors (Lipinski definition) is 3. The summed E-state index contributed by atoms with van der Waals surface area (Å²) in [6.07, 6.45) is 8.35. The fraction of sp³-hybridized carbons (Fsp3) is 0.692. The summed E-state index contributed by atoms with van der Waals surface area (Å²) in [5.41, 5.74) is -0.625. The Morgan fingerprint density at radius 1 is 1.62 bits per heavy atom. The summed E-state index contributed by atoms with van der Waals surface area (Å²) in [6, 6.07) is 0. The molecule has 3 heteroatoms. The van der Waals surface area contributed by atoms with Crippen LogP contribution < -0.4 is 0 Å². The Kier molecular flexibility index (Phi) is 3.13. The van der Waals surface area contributed by atoms with E-state index in [0.29, 0.717) is 12.5 Å². The molecule has 1 saturated carbocycles. The maximum absolute atomic E-state index is 12.0. The van der Waals surface area contributed by atoms with Gasteiger partial charge in [-0.15, -0.1) is 0 Å². The van der Waals surface area contributed by atoms with Crippen molar-refractivity contribution in [3.8, 4) is 0 Å². The first-order chi connectivity index (χ1) is 7.73. The highest BCUT2D eigenvalue weighted by molar-refractivity contribution is 5.85. The second kappa shape index (κ2) is 4.40.